The molecule has 0 saturated carbocycles. The summed E-state index contributed by atoms with van der Waals surface area (Å²) in [4.78, 5) is 18.2. The number of aromatic nitrogens is 2. The largest absolute Gasteiger partial charge is 0.356 e. The van der Waals surface area contributed by atoms with E-state index in [2.05, 4.69) is 27.6 Å². The normalized spacial score (nSPS) is 15.8. The van der Waals surface area contributed by atoms with Crippen molar-refractivity contribution in [2.45, 2.75) is 51.6 Å². The van der Waals surface area contributed by atoms with Crippen molar-refractivity contribution in [2.75, 3.05) is 26.7 Å². The molecule has 1 fully saturated rings. The zero-order valence-corrected chi connectivity index (χ0v) is 17.6. The summed E-state index contributed by atoms with van der Waals surface area (Å²) in [5.41, 5.74) is 0. The molecule has 0 radical (unpaired) electrons. The Labute approximate surface area is 167 Å². The van der Waals surface area contributed by atoms with Crippen LogP contribution in [0.1, 0.15) is 39.0 Å². The summed E-state index contributed by atoms with van der Waals surface area (Å²) >= 11 is 0. The van der Waals surface area contributed by atoms with Gasteiger partial charge in [-0.15, -0.1) is 24.0 Å². The monoisotopic (exact) mass is 462 g/mol. The van der Waals surface area contributed by atoms with E-state index in [9.17, 15) is 4.79 Å². The van der Waals surface area contributed by atoms with Gasteiger partial charge in [0.1, 0.15) is 0 Å². The molecule has 0 bridgehead atoms. The molecule has 2 rings (SSSR count). The third-order valence-electron chi connectivity index (χ3n) is 4.43. The minimum atomic E-state index is 0. The molecule has 1 amide bonds. The zero-order valence-electron chi connectivity index (χ0n) is 15.3. The van der Waals surface area contributed by atoms with Gasteiger partial charge in [0.05, 0.1) is 0 Å². The minimum Gasteiger partial charge on any atom is -0.356 e. The number of halogens is 1. The number of nitrogens with one attached hydrogen (secondary N) is 2. The fourth-order valence-corrected chi connectivity index (χ4v) is 3.09. The van der Waals surface area contributed by atoms with Gasteiger partial charge in [0, 0.05) is 58.1 Å². The van der Waals surface area contributed by atoms with E-state index in [4.69, 9.17) is 0 Å². The van der Waals surface area contributed by atoms with Crippen LogP contribution in [0, 0.1) is 0 Å². The Bertz CT molecular complexity index is 519. The number of likely N-dealkylation sites (tertiary alicyclic amines) is 1. The molecule has 1 aliphatic rings. The maximum atomic E-state index is 11.9. The number of rotatable bonds is 9. The van der Waals surface area contributed by atoms with Crippen LogP contribution in [0.4, 0.5) is 0 Å². The lowest BCUT2D eigenvalue weighted by Gasteiger charge is -2.27. The highest BCUT2D eigenvalue weighted by atomic mass is 127. The Balaban J connectivity index is 0.00000312. The van der Waals surface area contributed by atoms with Crippen LogP contribution in [-0.2, 0) is 11.3 Å². The highest BCUT2D eigenvalue weighted by Crippen LogP contribution is 2.17. The molecule has 7 nitrogen and oxygen atoms in total. The predicted molar refractivity (Wildman–Crippen MR) is 111 cm³/mol. The van der Waals surface area contributed by atoms with Gasteiger partial charge in [-0.2, -0.15) is 5.10 Å². The van der Waals surface area contributed by atoms with Gasteiger partial charge in [0.2, 0.25) is 5.91 Å². The second kappa shape index (κ2) is 12.1. The smallest absolute Gasteiger partial charge is 0.222 e. The maximum absolute atomic E-state index is 11.9. The molecule has 0 aromatic carbocycles. The number of guanidine groups is 1. The van der Waals surface area contributed by atoms with Gasteiger partial charge in [0.15, 0.2) is 5.96 Å². The van der Waals surface area contributed by atoms with Gasteiger partial charge >= 0.3 is 0 Å². The van der Waals surface area contributed by atoms with Crippen molar-refractivity contribution in [2.24, 2.45) is 4.99 Å². The Kier molecular flexibility index (Phi) is 10.5. The average Bonchev–Trinajstić information content (AvgIpc) is 3.25. The molecule has 1 aromatic rings. The molecule has 0 aliphatic carbocycles. The standard InChI is InChI=1S/C17H30N6O.HI/c1-3-15(23-14-4-7-16(23)24)8-11-20-17(18-2)19-9-5-12-22-13-6-10-21-22;/h6,10,13,15H,3-5,7-9,11-12,14H2,1-2H3,(H2,18,19,20);1H. The Hall–Kier alpha value is -1.32. The van der Waals surface area contributed by atoms with Crippen molar-refractivity contribution in [1.29, 1.82) is 0 Å². The maximum Gasteiger partial charge on any atom is 0.222 e. The number of aliphatic imine (C=N–C) groups is 1. The van der Waals surface area contributed by atoms with Crippen LogP contribution in [0.25, 0.3) is 0 Å². The molecular weight excluding hydrogens is 431 g/mol. The highest BCUT2D eigenvalue weighted by molar-refractivity contribution is 14.0. The highest BCUT2D eigenvalue weighted by Gasteiger charge is 2.26. The van der Waals surface area contributed by atoms with E-state index < -0.39 is 0 Å². The molecule has 142 valence electrons. The van der Waals surface area contributed by atoms with Crippen molar-refractivity contribution in [3.8, 4) is 0 Å². The van der Waals surface area contributed by atoms with E-state index >= 15 is 0 Å². The number of hydrogen-bond donors (Lipinski definition) is 2. The average molecular weight is 462 g/mol. The van der Waals surface area contributed by atoms with Crippen molar-refractivity contribution in [3.05, 3.63) is 18.5 Å². The predicted octanol–water partition coefficient (Wildman–Crippen LogP) is 1.85. The Morgan fingerprint density at radius 1 is 1.40 bits per heavy atom. The first-order valence-corrected chi connectivity index (χ1v) is 8.96. The van der Waals surface area contributed by atoms with E-state index in [-0.39, 0.29) is 24.0 Å². The van der Waals surface area contributed by atoms with Crippen molar-refractivity contribution < 1.29 is 4.79 Å². The van der Waals surface area contributed by atoms with Gasteiger partial charge in [-0.1, -0.05) is 6.92 Å². The third kappa shape index (κ3) is 7.21. The number of carbonyl (C=O) groups excluding carboxylic acids is 1. The number of nitrogens with zero attached hydrogens (tertiary/aromatic N) is 4. The minimum absolute atomic E-state index is 0. The van der Waals surface area contributed by atoms with Gasteiger partial charge in [-0.05, 0) is 31.7 Å². The summed E-state index contributed by atoms with van der Waals surface area (Å²) in [6.07, 6.45) is 8.42. The SMILES string of the molecule is CCC(CCNC(=NC)NCCCn1cccn1)N1CCCC1=O.I. The number of amides is 1. The summed E-state index contributed by atoms with van der Waals surface area (Å²) in [6, 6.07) is 2.27. The fraction of sp³-hybridized carbons (Fsp3) is 0.706. The molecule has 0 spiro atoms. The van der Waals surface area contributed by atoms with Crippen LogP contribution < -0.4 is 10.6 Å². The lowest BCUT2D eigenvalue weighted by atomic mass is 10.1. The molecule has 1 aromatic heterocycles. The van der Waals surface area contributed by atoms with E-state index in [0.29, 0.717) is 18.4 Å². The first-order valence-electron chi connectivity index (χ1n) is 8.96. The van der Waals surface area contributed by atoms with Gasteiger partial charge in [0.25, 0.3) is 0 Å². The Morgan fingerprint density at radius 3 is 2.80 bits per heavy atom. The van der Waals surface area contributed by atoms with E-state index in [1.807, 2.05) is 21.8 Å². The van der Waals surface area contributed by atoms with E-state index in [1.165, 1.54) is 0 Å². The molecule has 8 heteroatoms. The second-order valence-corrected chi connectivity index (χ2v) is 6.09. The zero-order chi connectivity index (χ0) is 17.2. The number of hydrogen-bond acceptors (Lipinski definition) is 3. The summed E-state index contributed by atoms with van der Waals surface area (Å²) in [6.45, 7) is 5.63. The topological polar surface area (TPSA) is 74.6 Å². The van der Waals surface area contributed by atoms with E-state index in [0.717, 1.165) is 57.8 Å². The molecule has 1 unspecified atom stereocenters. The summed E-state index contributed by atoms with van der Waals surface area (Å²) < 4.78 is 1.93. The molecule has 1 saturated heterocycles. The van der Waals surface area contributed by atoms with Crippen LogP contribution in [-0.4, -0.2) is 59.3 Å². The second-order valence-electron chi connectivity index (χ2n) is 6.09. The third-order valence-corrected chi connectivity index (χ3v) is 4.43. The van der Waals surface area contributed by atoms with Gasteiger partial charge < -0.3 is 15.5 Å². The number of aryl methyl sites for hydroxylation is 1. The lowest BCUT2D eigenvalue weighted by Crippen LogP contribution is -2.42. The summed E-state index contributed by atoms with van der Waals surface area (Å²) in [5.74, 6) is 1.13. The fourth-order valence-electron chi connectivity index (χ4n) is 3.09. The summed E-state index contributed by atoms with van der Waals surface area (Å²) in [7, 11) is 1.78. The summed E-state index contributed by atoms with van der Waals surface area (Å²) in [5, 5.41) is 10.8. The van der Waals surface area contributed by atoms with Crippen LogP contribution in [0.2, 0.25) is 0 Å². The van der Waals surface area contributed by atoms with Crippen LogP contribution in [0.3, 0.4) is 0 Å². The van der Waals surface area contributed by atoms with E-state index in [1.54, 1.807) is 13.2 Å². The van der Waals surface area contributed by atoms with Crippen molar-refractivity contribution in [1.82, 2.24) is 25.3 Å². The van der Waals surface area contributed by atoms with Gasteiger partial charge in [-0.3, -0.25) is 14.5 Å². The first kappa shape index (κ1) is 21.7. The molecule has 2 N–H and O–H groups in total. The molecule has 1 aliphatic heterocycles. The molecule has 25 heavy (non-hydrogen) atoms. The first-order chi connectivity index (χ1) is 11.7. The molecular formula is C17H31IN6O. The van der Waals surface area contributed by atoms with Crippen LogP contribution in [0.5, 0.6) is 0 Å². The van der Waals surface area contributed by atoms with Crippen LogP contribution >= 0.6 is 24.0 Å². The van der Waals surface area contributed by atoms with Crippen LogP contribution in [0.15, 0.2) is 23.5 Å². The lowest BCUT2D eigenvalue weighted by molar-refractivity contribution is -0.129. The Morgan fingerprint density at radius 2 is 2.20 bits per heavy atom. The van der Waals surface area contributed by atoms with Crippen molar-refractivity contribution >= 4 is 35.8 Å². The number of carbonyl (C=O) groups is 1. The molecule has 2 heterocycles. The quantitative estimate of drug-likeness (QED) is 0.254. The van der Waals surface area contributed by atoms with Gasteiger partial charge in [-0.25, -0.2) is 0 Å². The van der Waals surface area contributed by atoms with Crippen molar-refractivity contribution in [3.63, 3.8) is 0 Å². The molecule has 1 atom stereocenters.